The van der Waals surface area contributed by atoms with Gasteiger partial charge in [-0.05, 0) is 35.4 Å². The first kappa shape index (κ1) is 15.3. The number of aromatic nitrogens is 2. The van der Waals surface area contributed by atoms with E-state index in [2.05, 4.69) is 27.4 Å². The molecule has 23 heavy (non-hydrogen) atoms. The van der Waals surface area contributed by atoms with E-state index in [-0.39, 0.29) is 6.04 Å². The Bertz CT molecular complexity index is 665. The Labute approximate surface area is 135 Å². The predicted molar refractivity (Wildman–Crippen MR) is 89.7 cm³/mol. The van der Waals surface area contributed by atoms with Gasteiger partial charge in [0, 0.05) is 25.1 Å². The van der Waals surface area contributed by atoms with Gasteiger partial charge in [0.25, 0.3) is 0 Å². The van der Waals surface area contributed by atoms with Gasteiger partial charge in [-0.25, -0.2) is 0 Å². The van der Waals surface area contributed by atoms with E-state index < -0.39 is 6.10 Å². The van der Waals surface area contributed by atoms with Crippen molar-refractivity contribution in [3.8, 4) is 0 Å². The highest BCUT2D eigenvalue weighted by Crippen LogP contribution is 2.21. The molecule has 0 saturated heterocycles. The van der Waals surface area contributed by atoms with Crippen molar-refractivity contribution < 1.29 is 5.11 Å². The van der Waals surface area contributed by atoms with Crippen LogP contribution < -0.4 is 5.32 Å². The minimum Gasteiger partial charge on any atom is -0.387 e. The smallest absolute Gasteiger partial charge is 0.0915 e. The Morgan fingerprint density at radius 3 is 2.26 bits per heavy atom. The standard InChI is InChI=1S/C19H19N3O/c23-18(15-9-12-20-13-10-15)14-22-19(16-6-2-1-3-7-16)17-8-4-5-11-21-17/h1-13,18-19,22-23H,14H2/t18-,19+/m0/s1. The summed E-state index contributed by atoms with van der Waals surface area (Å²) in [7, 11) is 0. The van der Waals surface area contributed by atoms with Crippen molar-refractivity contribution in [2.75, 3.05) is 6.54 Å². The van der Waals surface area contributed by atoms with Crippen LogP contribution in [-0.4, -0.2) is 21.6 Å². The van der Waals surface area contributed by atoms with Crippen molar-refractivity contribution in [2.24, 2.45) is 0 Å². The lowest BCUT2D eigenvalue weighted by molar-refractivity contribution is 0.171. The first-order valence-corrected chi connectivity index (χ1v) is 7.62. The van der Waals surface area contributed by atoms with Gasteiger partial charge in [0.05, 0.1) is 17.8 Å². The highest BCUT2D eigenvalue weighted by molar-refractivity contribution is 5.27. The third kappa shape index (κ3) is 4.00. The van der Waals surface area contributed by atoms with E-state index in [1.165, 1.54) is 0 Å². The Morgan fingerprint density at radius 2 is 1.57 bits per heavy atom. The molecule has 116 valence electrons. The van der Waals surface area contributed by atoms with Gasteiger partial charge in [-0.1, -0.05) is 36.4 Å². The van der Waals surface area contributed by atoms with E-state index in [1.54, 1.807) is 18.6 Å². The van der Waals surface area contributed by atoms with Crippen LogP contribution in [-0.2, 0) is 0 Å². The zero-order valence-electron chi connectivity index (χ0n) is 12.7. The van der Waals surface area contributed by atoms with E-state index >= 15 is 0 Å². The summed E-state index contributed by atoms with van der Waals surface area (Å²) >= 11 is 0. The molecule has 4 nitrogen and oxygen atoms in total. The van der Waals surface area contributed by atoms with Gasteiger partial charge in [-0.15, -0.1) is 0 Å². The Morgan fingerprint density at radius 1 is 0.826 bits per heavy atom. The van der Waals surface area contributed by atoms with Gasteiger partial charge >= 0.3 is 0 Å². The molecule has 3 rings (SSSR count). The molecule has 0 unspecified atom stereocenters. The fraction of sp³-hybridized carbons (Fsp3) is 0.158. The van der Waals surface area contributed by atoms with Crippen molar-refractivity contribution in [3.63, 3.8) is 0 Å². The highest BCUT2D eigenvalue weighted by Gasteiger charge is 2.16. The lowest BCUT2D eigenvalue weighted by Crippen LogP contribution is -2.28. The van der Waals surface area contributed by atoms with Crippen LogP contribution in [0, 0.1) is 0 Å². The van der Waals surface area contributed by atoms with Crippen LogP contribution in [0.1, 0.15) is 29.0 Å². The van der Waals surface area contributed by atoms with Crippen molar-refractivity contribution >= 4 is 0 Å². The molecule has 0 radical (unpaired) electrons. The summed E-state index contributed by atoms with van der Waals surface area (Å²) in [5, 5.41) is 13.8. The average molecular weight is 305 g/mol. The molecule has 0 aliphatic carbocycles. The summed E-state index contributed by atoms with van der Waals surface area (Å²) in [6, 6.07) is 19.6. The van der Waals surface area contributed by atoms with E-state index in [4.69, 9.17) is 0 Å². The van der Waals surface area contributed by atoms with Gasteiger partial charge < -0.3 is 10.4 Å². The minimum absolute atomic E-state index is 0.0612. The maximum atomic E-state index is 10.4. The molecular weight excluding hydrogens is 286 g/mol. The number of nitrogens with zero attached hydrogens (tertiary/aromatic N) is 2. The molecule has 0 aliphatic rings. The van der Waals surface area contributed by atoms with Gasteiger partial charge in [-0.2, -0.15) is 0 Å². The molecule has 2 heterocycles. The number of hydrogen-bond acceptors (Lipinski definition) is 4. The monoisotopic (exact) mass is 305 g/mol. The fourth-order valence-corrected chi connectivity index (χ4v) is 2.52. The van der Waals surface area contributed by atoms with E-state index in [0.29, 0.717) is 6.54 Å². The number of nitrogens with one attached hydrogen (secondary N) is 1. The zero-order valence-corrected chi connectivity index (χ0v) is 12.7. The lowest BCUT2D eigenvalue weighted by Gasteiger charge is -2.21. The molecule has 2 N–H and O–H groups in total. The van der Waals surface area contributed by atoms with Gasteiger partial charge in [0.15, 0.2) is 0 Å². The number of rotatable bonds is 6. The molecule has 0 spiro atoms. The molecule has 0 fully saturated rings. The van der Waals surface area contributed by atoms with Crippen LogP contribution in [0.2, 0.25) is 0 Å². The average Bonchev–Trinajstić information content (AvgIpc) is 2.64. The van der Waals surface area contributed by atoms with Crippen LogP contribution in [0.5, 0.6) is 0 Å². The normalized spacial score (nSPS) is 13.4. The number of hydrogen-bond donors (Lipinski definition) is 2. The largest absolute Gasteiger partial charge is 0.387 e. The molecule has 4 heteroatoms. The van der Waals surface area contributed by atoms with Crippen molar-refractivity contribution in [1.82, 2.24) is 15.3 Å². The lowest BCUT2D eigenvalue weighted by atomic mass is 10.0. The third-order valence-electron chi connectivity index (χ3n) is 3.72. The summed E-state index contributed by atoms with van der Waals surface area (Å²) < 4.78 is 0. The quantitative estimate of drug-likeness (QED) is 0.735. The molecule has 2 atom stereocenters. The number of benzene rings is 1. The summed E-state index contributed by atoms with van der Waals surface area (Å²) in [6.45, 7) is 0.431. The molecule has 0 bridgehead atoms. The summed E-state index contributed by atoms with van der Waals surface area (Å²) in [6.07, 6.45) is 4.57. The molecule has 0 saturated carbocycles. The SMILES string of the molecule is O[C@@H](CN[C@H](c1ccccc1)c1ccccn1)c1ccncc1. The van der Waals surface area contributed by atoms with E-state index in [9.17, 15) is 5.11 Å². The first-order valence-electron chi connectivity index (χ1n) is 7.62. The number of pyridine rings is 2. The molecule has 0 aliphatic heterocycles. The van der Waals surface area contributed by atoms with Crippen LogP contribution >= 0.6 is 0 Å². The van der Waals surface area contributed by atoms with E-state index in [0.717, 1.165) is 16.8 Å². The predicted octanol–water partition coefficient (Wildman–Crippen LogP) is 2.89. The number of aliphatic hydroxyl groups excluding tert-OH is 1. The van der Waals surface area contributed by atoms with Crippen molar-refractivity contribution in [1.29, 1.82) is 0 Å². The second-order valence-corrected chi connectivity index (χ2v) is 5.30. The molecule has 3 aromatic rings. The zero-order chi connectivity index (χ0) is 15.9. The third-order valence-corrected chi connectivity index (χ3v) is 3.72. The van der Waals surface area contributed by atoms with E-state index in [1.807, 2.05) is 48.5 Å². The minimum atomic E-state index is -0.590. The van der Waals surface area contributed by atoms with Crippen LogP contribution in [0.4, 0.5) is 0 Å². The molecule has 1 aromatic carbocycles. The Hall–Kier alpha value is -2.56. The molecule has 2 aromatic heterocycles. The molecular formula is C19H19N3O. The second-order valence-electron chi connectivity index (χ2n) is 5.30. The highest BCUT2D eigenvalue weighted by atomic mass is 16.3. The van der Waals surface area contributed by atoms with Crippen LogP contribution in [0.25, 0.3) is 0 Å². The summed E-state index contributed by atoms with van der Waals surface area (Å²) in [5.74, 6) is 0. The fourth-order valence-electron chi connectivity index (χ4n) is 2.52. The first-order chi connectivity index (χ1) is 11.3. The van der Waals surface area contributed by atoms with Gasteiger partial charge in [0.1, 0.15) is 0 Å². The Balaban J connectivity index is 1.77. The van der Waals surface area contributed by atoms with Gasteiger partial charge in [0.2, 0.25) is 0 Å². The second kappa shape index (κ2) is 7.63. The summed E-state index contributed by atoms with van der Waals surface area (Å²) in [5.41, 5.74) is 2.90. The van der Waals surface area contributed by atoms with Gasteiger partial charge in [-0.3, -0.25) is 9.97 Å². The summed E-state index contributed by atoms with van der Waals surface area (Å²) in [4.78, 5) is 8.43. The van der Waals surface area contributed by atoms with Crippen LogP contribution in [0.3, 0.4) is 0 Å². The maximum absolute atomic E-state index is 10.4. The maximum Gasteiger partial charge on any atom is 0.0915 e. The van der Waals surface area contributed by atoms with Crippen molar-refractivity contribution in [3.05, 3.63) is 96.1 Å². The van der Waals surface area contributed by atoms with Crippen molar-refractivity contribution in [2.45, 2.75) is 12.1 Å². The number of aliphatic hydroxyl groups is 1. The Kier molecular flexibility index (Phi) is 5.09. The molecule has 0 amide bonds. The van der Waals surface area contributed by atoms with Crippen LogP contribution in [0.15, 0.2) is 79.3 Å². The topological polar surface area (TPSA) is 58.0 Å².